The Morgan fingerprint density at radius 3 is 2.53 bits per heavy atom. The molecule has 1 fully saturated rings. The summed E-state index contributed by atoms with van der Waals surface area (Å²) in [6.45, 7) is 2.98. The van der Waals surface area contributed by atoms with E-state index in [0.29, 0.717) is 40.4 Å². The summed E-state index contributed by atoms with van der Waals surface area (Å²) in [7, 11) is 4.73. The zero-order valence-electron chi connectivity index (χ0n) is 25.9. The fourth-order valence-electron chi connectivity index (χ4n) is 6.89. The number of carbonyl (C=O) groups excluding carboxylic acids is 1. The number of esters is 1. The van der Waals surface area contributed by atoms with Crippen LogP contribution in [0.25, 0.3) is 10.9 Å². The number of hydrogen-bond donors (Lipinski definition) is 2. The van der Waals surface area contributed by atoms with E-state index >= 15 is 0 Å². The van der Waals surface area contributed by atoms with Gasteiger partial charge in [-0.05, 0) is 92.2 Å². The summed E-state index contributed by atoms with van der Waals surface area (Å²) in [5.41, 5.74) is 5.52. The smallest absolute Gasteiger partial charge is 0.350 e. The number of aromatic nitrogens is 2. The van der Waals surface area contributed by atoms with Gasteiger partial charge in [-0.15, -0.1) is 0 Å². The van der Waals surface area contributed by atoms with Gasteiger partial charge < -0.3 is 24.3 Å². The van der Waals surface area contributed by atoms with Crippen LogP contribution in [0.1, 0.15) is 47.2 Å². The highest BCUT2D eigenvalue weighted by Crippen LogP contribution is 2.45. The third-order valence-corrected chi connectivity index (χ3v) is 9.06. The van der Waals surface area contributed by atoms with E-state index in [1.165, 1.54) is 34.6 Å². The molecule has 2 aliphatic rings. The molecular formula is C34H38N4O7. The van der Waals surface area contributed by atoms with E-state index in [-0.39, 0.29) is 30.7 Å². The quantitative estimate of drug-likeness (QED) is 0.256. The predicted molar refractivity (Wildman–Crippen MR) is 171 cm³/mol. The van der Waals surface area contributed by atoms with Crippen molar-refractivity contribution in [3.8, 4) is 17.2 Å². The van der Waals surface area contributed by atoms with E-state index in [2.05, 4.69) is 16.8 Å². The van der Waals surface area contributed by atoms with E-state index in [0.717, 1.165) is 25.1 Å². The number of hydrogen-bond acceptors (Lipinski definition) is 9. The molecule has 11 heteroatoms. The number of methoxy groups -OCH3 is 3. The Kier molecular flexibility index (Phi) is 8.53. The summed E-state index contributed by atoms with van der Waals surface area (Å²) in [4.78, 5) is 40.9. The summed E-state index contributed by atoms with van der Waals surface area (Å²) in [6, 6.07) is 16.1. The van der Waals surface area contributed by atoms with Crippen LogP contribution in [-0.2, 0) is 17.7 Å². The number of anilines is 1. The van der Waals surface area contributed by atoms with Crippen LogP contribution in [0.5, 0.6) is 17.2 Å². The van der Waals surface area contributed by atoms with Gasteiger partial charge >= 0.3 is 11.7 Å². The standard InChI is InChI=1S/C34H38N4O7/c1-5-45-33(40)25-17-21(42-2)10-13-27(25)36-38-29-14-11-22(43-3)18-26(29)32(39)37(34(38)41)16-15-28-31-20(19-35-28)9-12-23-24(31)7-6-8-30(23)44-4/h6-8,10-11,13-14,17-18,20,28,31,35-36H,5,9,12,15-16,19H2,1-4H3. The molecule has 1 aliphatic carbocycles. The van der Waals surface area contributed by atoms with E-state index in [1.54, 1.807) is 50.4 Å². The maximum atomic E-state index is 14.1. The first-order valence-electron chi connectivity index (χ1n) is 15.2. The zero-order valence-corrected chi connectivity index (χ0v) is 25.9. The molecule has 6 rings (SSSR count). The third-order valence-electron chi connectivity index (χ3n) is 9.06. The van der Waals surface area contributed by atoms with E-state index in [1.807, 2.05) is 12.1 Å². The maximum absolute atomic E-state index is 14.1. The van der Waals surface area contributed by atoms with Crippen molar-refractivity contribution >= 4 is 22.6 Å². The second-order valence-electron chi connectivity index (χ2n) is 11.4. The lowest BCUT2D eigenvalue weighted by molar-refractivity contribution is 0.0527. The Bertz CT molecular complexity index is 1860. The normalized spacial score (nSPS) is 18.6. The SMILES string of the molecule is CCOC(=O)c1cc(OC)ccc1Nn1c(=O)n(CCC2NCC3CCc4c(OC)cccc4C32)c(=O)c2cc(OC)ccc21. The molecule has 236 valence electrons. The highest BCUT2D eigenvalue weighted by molar-refractivity contribution is 5.96. The number of nitrogens with zero attached hydrogens (tertiary/aromatic N) is 2. The lowest BCUT2D eigenvalue weighted by atomic mass is 9.73. The summed E-state index contributed by atoms with van der Waals surface area (Å²) >= 11 is 0. The monoisotopic (exact) mass is 614 g/mol. The van der Waals surface area contributed by atoms with Gasteiger partial charge in [-0.1, -0.05) is 12.1 Å². The average molecular weight is 615 g/mol. The molecule has 3 aromatic carbocycles. The molecule has 1 aromatic heterocycles. The van der Waals surface area contributed by atoms with Crippen molar-refractivity contribution in [1.29, 1.82) is 0 Å². The first-order valence-corrected chi connectivity index (χ1v) is 15.2. The number of carbonyl (C=O) groups is 1. The second kappa shape index (κ2) is 12.7. The number of ether oxygens (including phenoxy) is 4. The largest absolute Gasteiger partial charge is 0.497 e. The average Bonchev–Trinajstić information content (AvgIpc) is 3.49. The Morgan fingerprint density at radius 1 is 1.00 bits per heavy atom. The van der Waals surface area contributed by atoms with Crippen LogP contribution in [0.2, 0.25) is 0 Å². The highest BCUT2D eigenvalue weighted by Gasteiger charge is 2.40. The van der Waals surface area contributed by atoms with Crippen molar-refractivity contribution in [3.05, 3.63) is 92.1 Å². The van der Waals surface area contributed by atoms with Gasteiger partial charge in [0, 0.05) is 18.5 Å². The van der Waals surface area contributed by atoms with Crippen LogP contribution < -0.4 is 36.2 Å². The molecule has 2 N–H and O–H groups in total. The van der Waals surface area contributed by atoms with Crippen molar-refractivity contribution in [2.24, 2.45) is 5.92 Å². The van der Waals surface area contributed by atoms with Gasteiger partial charge in [-0.25, -0.2) is 14.3 Å². The molecule has 1 saturated heterocycles. The zero-order chi connectivity index (χ0) is 31.7. The van der Waals surface area contributed by atoms with Crippen molar-refractivity contribution in [2.45, 2.75) is 44.7 Å². The van der Waals surface area contributed by atoms with Crippen LogP contribution >= 0.6 is 0 Å². The Morgan fingerprint density at radius 2 is 1.78 bits per heavy atom. The van der Waals surface area contributed by atoms with Crippen LogP contribution in [0.4, 0.5) is 5.69 Å². The highest BCUT2D eigenvalue weighted by atomic mass is 16.5. The van der Waals surface area contributed by atoms with Gasteiger partial charge in [-0.3, -0.25) is 14.8 Å². The third kappa shape index (κ3) is 5.52. The molecule has 0 saturated carbocycles. The van der Waals surface area contributed by atoms with Gasteiger partial charge in [0.1, 0.15) is 17.2 Å². The molecule has 11 nitrogen and oxygen atoms in total. The Hall–Kier alpha value is -4.77. The van der Waals surface area contributed by atoms with Crippen LogP contribution in [0.15, 0.2) is 64.2 Å². The number of rotatable bonds is 10. The van der Waals surface area contributed by atoms with Crippen LogP contribution in [0, 0.1) is 5.92 Å². The Balaban J connectivity index is 1.39. The Labute approximate surface area is 260 Å². The van der Waals surface area contributed by atoms with Gasteiger partial charge in [-0.2, -0.15) is 0 Å². The molecule has 0 radical (unpaired) electrons. The fraction of sp³-hybridized carbons (Fsp3) is 0.382. The first-order chi connectivity index (χ1) is 21.9. The number of nitrogens with one attached hydrogen (secondary N) is 2. The minimum Gasteiger partial charge on any atom is -0.497 e. The van der Waals surface area contributed by atoms with Crippen molar-refractivity contribution in [3.63, 3.8) is 0 Å². The topological polar surface area (TPSA) is 122 Å². The summed E-state index contributed by atoms with van der Waals surface area (Å²) in [5.74, 6) is 2.01. The van der Waals surface area contributed by atoms with Crippen molar-refractivity contribution < 1.29 is 23.7 Å². The number of benzene rings is 3. The summed E-state index contributed by atoms with van der Waals surface area (Å²) in [6.07, 6.45) is 2.59. The molecule has 1 aliphatic heterocycles. The summed E-state index contributed by atoms with van der Waals surface area (Å²) < 4.78 is 24.2. The van der Waals surface area contributed by atoms with Crippen molar-refractivity contribution in [2.75, 3.05) is 39.9 Å². The predicted octanol–water partition coefficient (Wildman–Crippen LogP) is 3.95. The first kappa shape index (κ1) is 30.3. The minimum atomic E-state index is -0.572. The van der Waals surface area contributed by atoms with E-state index in [4.69, 9.17) is 18.9 Å². The molecule has 4 aromatic rings. The van der Waals surface area contributed by atoms with E-state index < -0.39 is 17.2 Å². The lowest BCUT2D eigenvalue weighted by Gasteiger charge is -2.32. The molecule has 0 bridgehead atoms. The minimum absolute atomic E-state index is 0.0758. The molecule has 3 unspecified atom stereocenters. The van der Waals surface area contributed by atoms with Gasteiger partial charge in [0.25, 0.3) is 5.56 Å². The second-order valence-corrected chi connectivity index (χ2v) is 11.4. The molecule has 45 heavy (non-hydrogen) atoms. The van der Waals surface area contributed by atoms with Gasteiger partial charge in [0.15, 0.2) is 0 Å². The van der Waals surface area contributed by atoms with Gasteiger partial charge in [0.05, 0.1) is 50.1 Å². The number of fused-ring (bicyclic) bond motifs is 4. The van der Waals surface area contributed by atoms with Crippen LogP contribution in [-0.4, -0.2) is 55.7 Å². The van der Waals surface area contributed by atoms with Gasteiger partial charge in [0.2, 0.25) is 0 Å². The lowest BCUT2D eigenvalue weighted by Crippen LogP contribution is -2.43. The van der Waals surface area contributed by atoms with Crippen LogP contribution in [0.3, 0.4) is 0 Å². The molecule has 3 atom stereocenters. The van der Waals surface area contributed by atoms with E-state index in [9.17, 15) is 14.4 Å². The van der Waals surface area contributed by atoms with Crippen molar-refractivity contribution in [1.82, 2.24) is 14.6 Å². The maximum Gasteiger partial charge on any atom is 0.350 e. The summed E-state index contributed by atoms with van der Waals surface area (Å²) in [5, 5.41) is 3.98. The fourth-order valence-corrected chi connectivity index (χ4v) is 6.89. The molecule has 2 heterocycles. The molecule has 0 spiro atoms. The molecule has 0 amide bonds. The molecular weight excluding hydrogens is 576 g/mol.